The van der Waals surface area contributed by atoms with E-state index in [4.69, 9.17) is 4.74 Å². The molecular weight excluding hydrogens is 364 g/mol. The van der Waals surface area contributed by atoms with E-state index < -0.39 is 6.04 Å². The van der Waals surface area contributed by atoms with E-state index in [1.54, 1.807) is 16.9 Å². The third-order valence-corrected chi connectivity index (χ3v) is 5.49. The Morgan fingerprint density at radius 3 is 2.03 bits per heavy atom. The highest BCUT2D eigenvalue weighted by molar-refractivity contribution is 5.94. The normalized spacial score (nSPS) is 17.6. The van der Waals surface area contributed by atoms with Crippen molar-refractivity contribution in [1.29, 1.82) is 0 Å². The minimum atomic E-state index is -0.475. The first-order valence-electron chi connectivity index (χ1n) is 9.99. The van der Waals surface area contributed by atoms with Crippen LogP contribution in [0.25, 0.3) is 0 Å². The molecule has 0 N–H and O–H groups in total. The van der Waals surface area contributed by atoms with Crippen molar-refractivity contribution in [3.63, 3.8) is 0 Å². The van der Waals surface area contributed by atoms with Gasteiger partial charge in [-0.05, 0) is 41.2 Å². The van der Waals surface area contributed by atoms with Gasteiger partial charge in [-0.2, -0.15) is 0 Å². The van der Waals surface area contributed by atoms with Crippen LogP contribution in [0.3, 0.4) is 0 Å². The summed E-state index contributed by atoms with van der Waals surface area (Å²) in [6, 6.07) is 15.4. The molecule has 1 aliphatic heterocycles. The van der Waals surface area contributed by atoms with E-state index in [2.05, 4.69) is 45.0 Å². The Morgan fingerprint density at radius 2 is 1.48 bits per heavy atom. The van der Waals surface area contributed by atoms with Crippen LogP contribution >= 0.6 is 0 Å². The molecule has 0 bridgehead atoms. The first kappa shape index (κ1) is 20.9. The van der Waals surface area contributed by atoms with E-state index in [0.29, 0.717) is 13.1 Å². The van der Waals surface area contributed by atoms with E-state index in [9.17, 15) is 9.59 Å². The largest absolute Gasteiger partial charge is 0.497 e. The van der Waals surface area contributed by atoms with Crippen LogP contribution in [-0.2, 0) is 28.1 Å². The fourth-order valence-corrected chi connectivity index (χ4v) is 3.56. The summed E-state index contributed by atoms with van der Waals surface area (Å²) in [5.74, 6) is 0.726. The number of ether oxygens (including phenoxy) is 1. The molecular formula is C24H30N2O3. The van der Waals surface area contributed by atoms with E-state index in [1.165, 1.54) is 5.56 Å². The van der Waals surface area contributed by atoms with Crippen molar-refractivity contribution >= 4 is 11.8 Å². The second-order valence-electron chi connectivity index (χ2n) is 8.69. The van der Waals surface area contributed by atoms with Crippen molar-refractivity contribution < 1.29 is 14.3 Å². The number of hydrogen-bond donors (Lipinski definition) is 0. The zero-order chi connectivity index (χ0) is 21.2. The highest BCUT2D eigenvalue weighted by atomic mass is 16.5. The van der Waals surface area contributed by atoms with Gasteiger partial charge in [0.1, 0.15) is 18.3 Å². The minimum absolute atomic E-state index is 0.0215. The van der Waals surface area contributed by atoms with Gasteiger partial charge >= 0.3 is 0 Å². The number of amides is 2. The number of carbonyl (C=O) groups is 2. The lowest BCUT2D eigenvalue weighted by Gasteiger charge is -2.39. The molecule has 1 saturated heterocycles. The highest BCUT2D eigenvalue weighted by Crippen LogP contribution is 2.24. The summed E-state index contributed by atoms with van der Waals surface area (Å²) < 4.78 is 5.17. The zero-order valence-corrected chi connectivity index (χ0v) is 17.9. The van der Waals surface area contributed by atoms with Crippen LogP contribution in [0.4, 0.5) is 0 Å². The van der Waals surface area contributed by atoms with Gasteiger partial charge in [0.2, 0.25) is 11.8 Å². The topological polar surface area (TPSA) is 49.9 Å². The standard InChI is InChI=1S/C24H30N2O3/c1-17-23(28)25(14-18-8-12-21(29-5)13-9-18)16-22(27)26(17)15-19-6-10-20(11-7-19)24(2,3)4/h6-13,17H,14-16H2,1-5H3/t17-/m0/s1. The van der Waals surface area contributed by atoms with Crippen LogP contribution in [0.2, 0.25) is 0 Å². The first-order chi connectivity index (χ1) is 13.7. The summed E-state index contributed by atoms with van der Waals surface area (Å²) in [5, 5.41) is 0. The Morgan fingerprint density at radius 1 is 0.931 bits per heavy atom. The summed E-state index contributed by atoms with van der Waals surface area (Å²) in [7, 11) is 1.62. The summed E-state index contributed by atoms with van der Waals surface area (Å²) in [5.41, 5.74) is 3.35. The molecule has 5 heteroatoms. The Hall–Kier alpha value is -2.82. The number of benzene rings is 2. The van der Waals surface area contributed by atoms with E-state index in [-0.39, 0.29) is 23.8 Å². The predicted octanol–water partition coefficient (Wildman–Crippen LogP) is 3.75. The predicted molar refractivity (Wildman–Crippen MR) is 114 cm³/mol. The van der Waals surface area contributed by atoms with Gasteiger partial charge < -0.3 is 14.5 Å². The molecule has 0 spiro atoms. The number of carbonyl (C=O) groups excluding carboxylic acids is 2. The van der Waals surface area contributed by atoms with Crippen molar-refractivity contribution in [2.45, 2.75) is 52.2 Å². The summed E-state index contributed by atoms with van der Waals surface area (Å²) >= 11 is 0. The number of rotatable bonds is 5. The summed E-state index contributed by atoms with van der Waals surface area (Å²) in [6.07, 6.45) is 0. The Kier molecular flexibility index (Phi) is 5.96. The molecule has 2 aromatic carbocycles. The van der Waals surface area contributed by atoms with Gasteiger partial charge in [0.15, 0.2) is 0 Å². The molecule has 154 valence electrons. The smallest absolute Gasteiger partial charge is 0.245 e. The van der Waals surface area contributed by atoms with E-state index >= 15 is 0 Å². The highest BCUT2D eigenvalue weighted by Gasteiger charge is 2.36. The minimum Gasteiger partial charge on any atom is -0.497 e. The van der Waals surface area contributed by atoms with Crippen LogP contribution < -0.4 is 4.74 Å². The third kappa shape index (κ3) is 4.78. The first-order valence-corrected chi connectivity index (χ1v) is 9.99. The molecule has 0 aliphatic carbocycles. The van der Waals surface area contributed by atoms with Crippen molar-refractivity contribution in [2.75, 3.05) is 13.7 Å². The van der Waals surface area contributed by atoms with Gasteiger partial charge in [-0.3, -0.25) is 9.59 Å². The lowest BCUT2D eigenvalue weighted by molar-refractivity contribution is -0.156. The Labute approximate surface area is 173 Å². The molecule has 29 heavy (non-hydrogen) atoms. The SMILES string of the molecule is COc1ccc(CN2CC(=O)N(Cc3ccc(C(C)(C)C)cc3)[C@@H](C)C2=O)cc1. The van der Waals surface area contributed by atoms with Gasteiger partial charge in [0.05, 0.1) is 7.11 Å². The molecule has 1 fully saturated rings. The van der Waals surface area contributed by atoms with Crippen molar-refractivity contribution in [3.8, 4) is 5.75 Å². The molecule has 3 rings (SSSR count). The fourth-order valence-electron chi connectivity index (χ4n) is 3.56. The van der Waals surface area contributed by atoms with Crippen LogP contribution in [0, 0.1) is 0 Å². The van der Waals surface area contributed by atoms with Crippen molar-refractivity contribution in [3.05, 3.63) is 65.2 Å². The molecule has 0 unspecified atom stereocenters. The Bertz CT molecular complexity index is 866. The zero-order valence-electron chi connectivity index (χ0n) is 17.9. The molecule has 1 aliphatic rings. The molecule has 2 amide bonds. The second kappa shape index (κ2) is 8.27. The van der Waals surface area contributed by atoms with Gasteiger partial charge in [0, 0.05) is 13.1 Å². The van der Waals surface area contributed by atoms with Crippen molar-refractivity contribution in [1.82, 2.24) is 9.80 Å². The molecule has 0 saturated carbocycles. The molecule has 2 aromatic rings. The number of hydrogen-bond acceptors (Lipinski definition) is 3. The maximum atomic E-state index is 12.9. The average molecular weight is 395 g/mol. The van der Waals surface area contributed by atoms with Crippen LogP contribution in [0.1, 0.15) is 44.4 Å². The van der Waals surface area contributed by atoms with Gasteiger partial charge in [-0.15, -0.1) is 0 Å². The maximum absolute atomic E-state index is 12.9. The van der Waals surface area contributed by atoms with Crippen LogP contribution in [-0.4, -0.2) is 41.3 Å². The summed E-state index contributed by atoms with van der Waals surface area (Å²) in [4.78, 5) is 29.0. The molecule has 0 radical (unpaired) electrons. The van der Waals surface area contributed by atoms with E-state index in [1.807, 2.05) is 31.2 Å². The van der Waals surface area contributed by atoms with Crippen LogP contribution in [0.5, 0.6) is 5.75 Å². The van der Waals surface area contributed by atoms with Crippen LogP contribution in [0.15, 0.2) is 48.5 Å². The maximum Gasteiger partial charge on any atom is 0.245 e. The van der Waals surface area contributed by atoms with E-state index in [0.717, 1.165) is 16.9 Å². The van der Waals surface area contributed by atoms with Gasteiger partial charge in [-0.25, -0.2) is 0 Å². The Balaban J connectivity index is 1.67. The number of piperazine rings is 1. The van der Waals surface area contributed by atoms with Gasteiger partial charge in [-0.1, -0.05) is 57.2 Å². The number of methoxy groups -OCH3 is 1. The summed E-state index contributed by atoms with van der Waals surface area (Å²) in [6.45, 7) is 9.32. The molecule has 5 nitrogen and oxygen atoms in total. The monoisotopic (exact) mass is 394 g/mol. The molecule has 1 heterocycles. The quantitative estimate of drug-likeness (QED) is 0.776. The fraction of sp³-hybridized carbons (Fsp3) is 0.417. The third-order valence-electron chi connectivity index (χ3n) is 5.49. The lowest BCUT2D eigenvalue weighted by Crippen LogP contribution is -2.57. The molecule has 0 aromatic heterocycles. The average Bonchev–Trinajstić information content (AvgIpc) is 2.69. The van der Waals surface area contributed by atoms with Crippen molar-refractivity contribution in [2.24, 2.45) is 0 Å². The van der Waals surface area contributed by atoms with Gasteiger partial charge in [0.25, 0.3) is 0 Å². The molecule has 1 atom stereocenters. The number of nitrogens with zero attached hydrogens (tertiary/aromatic N) is 2. The lowest BCUT2D eigenvalue weighted by atomic mass is 9.86. The second-order valence-corrected chi connectivity index (χ2v) is 8.69.